The van der Waals surface area contributed by atoms with Gasteiger partial charge in [0, 0.05) is 24.0 Å². The summed E-state index contributed by atoms with van der Waals surface area (Å²) in [6.45, 7) is 2.04. The molecule has 2 heterocycles. The van der Waals surface area contributed by atoms with Crippen molar-refractivity contribution in [2.24, 2.45) is 7.05 Å². The quantitative estimate of drug-likeness (QED) is 0.739. The van der Waals surface area contributed by atoms with E-state index < -0.39 is 5.97 Å². The number of benzene rings is 1. The lowest BCUT2D eigenvalue weighted by Crippen LogP contribution is -2.04. The van der Waals surface area contributed by atoms with Gasteiger partial charge >= 0.3 is 5.97 Å². The maximum Gasteiger partial charge on any atom is 0.354 e. The number of carboxylic acid groups (broad SMARTS) is 1. The highest BCUT2D eigenvalue weighted by Crippen LogP contribution is 2.25. The average Bonchev–Trinajstić information content (AvgIpc) is 2.93. The standard InChI is InChI=1S/C14H13N3O2/c1-8-4-3-5-10-9(8)6-11(15-10)12-7-13(14(18)19)17(2)16-12/h3-7,15H,1-2H3,(H,18,19). The molecule has 5 nitrogen and oxygen atoms in total. The van der Waals surface area contributed by atoms with Crippen molar-refractivity contribution in [3.8, 4) is 11.4 Å². The van der Waals surface area contributed by atoms with Crippen molar-refractivity contribution in [1.82, 2.24) is 14.8 Å². The highest BCUT2D eigenvalue weighted by atomic mass is 16.4. The van der Waals surface area contributed by atoms with Gasteiger partial charge in [-0.2, -0.15) is 5.10 Å². The molecule has 0 saturated carbocycles. The third kappa shape index (κ3) is 1.79. The van der Waals surface area contributed by atoms with Crippen molar-refractivity contribution >= 4 is 16.9 Å². The van der Waals surface area contributed by atoms with Crippen molar-refractivity contribution in [3.63, 3.8) is 0 Å². The molecule has 0 aliphatic rings. The van der Waals surface area contributed by atoms with Gasteiger partial charge in [0.05, 0.1) is 5.69 Å². The molecule has 3 rings (SSSR count). The predicted molar refractivity (Wildman–Crippen MR) is 72.2 cm³/mol. The van der Waals surface area contributed by atoms with E-state index in [1.54, 1.807) is 13.1 Å². The van der Waals surface area contributed by atoms with Crippen molar-refractivity contribution in [2.75, 3.05) is 0 Å². The van der Waals surface area contributed by atoms with E-state index in [0.717, 1.165) is 16.6 Å². The molecule has 96 valence electrons. The van der Waals surface area contributed by atoms with Gasteiger partial charge in [0.1, 0.15) is 11.4 Å². The summed E-state index contributed by atoms with van der Waals surface area (Å²) in [6, 6.07) is 9.59. The summed E-state index contributed by atoms with van der Waals surface area (Å²) in [7, 11) is 1.63. The largest absolute Gasteiger partial charge is 0.477 e. The number of aromatic amines is 1. The Morgan fingerprint density at radius 2 is 2.16 bits per heavy atom. The second kappa shape index (κ2) is 3.98. The number of aromatic nitrogens is 3. The summed E-state index contributed by atoms with van der Waals surface area (Å²) in [5.41, 5.74) is 3.83. The first-order chi connectivity index (χ1) is 9.06. The van der Waals surface area contributed by atoms with Crippen LogP contribution in [-0.2, 0) is 7.05 Å². The Morgan fingerprint density at radius 3 is 2.79 bits per heavy atom. The molecule has 1 aromatic carbocycles. The van der Waals surface area contributed by atoms with Crippen LogP contribution in [-0.4, -0.2) is 25.8 Å². The van der Waals surface area contributed by atoms with Gasteiger partial charge < -0.3 is 10.1 Å². The first-order valence-electron chi connectivity index (χ1n) is 5.92. The van der Waals surface area contributed by atoms with Crippen LogP contribution < -0.4 is 0 Å². The SMILES string of the molecule is Cc1cccc2[nH]c(-c3cc(C(=O)O)n(C)n3)cc12. The smallest absolute Gasteiger partial charge is 0.354 e. The maximum atomic E-state index is 11.0. The topological polar surface area (TPSA) is 70.9 Å². The molecule has 0 unspecified atom stereocenters. The zero-order chi connectivity index (χ0) is 13.6. The Bertz CT molecular complexity index is 783. The van der Waals surface area contributed by atoms with Gasteiger partial charge in [-0.25, -0.2) is 4.79 Å². The molecule has 0 aliphatic carbocycles. The molecule has 0 radical (unpaired) electrons. The number of carbonyl (C=O) groups is 1. The van der Waals surface area contributed by atoms with Crippen LogP contribution in [0.2, 0.25) is 0 Å². The summed E-state index contributed by atoms with van der Waals surface area (Å²) in [5, 5.41) is 14.4. The zero-order valence-corrected chi connectivity index (χ0v) is 10.6. The molecule has 2 aromatic heterocycles. The lowest BCUT2D eigenvalue weighted by molar-refractivity contribution is 0.0685. The summed E-state index contributed by atoms with van der Waals surface area (Å²) in [6.07, 6.45) is 0. The normalized spacial score (nSPS) is 11.1. The number of hydrogen-bond donors (Lipinski definition) is 2. The van der Waals surface area contributed by atoms with E-state index in [0.29, 0.717) is 5.69 Å². The van der Waals surface area contributed by atoms with E-state index in [9.17, 15) is 4.79 Å². The van der Waals surface area contributed by atoms with Crippen molar-refractivity contribution < 1.29 is 9.90 Å². The number of aromatic carboxylic acids is 1. The Balaban J connectivity index is 2.17. The second-order valence-corrected chi connectivity index (χ2v) is 4.56. The molecule has 2 N–H and O–H groups in total. The fraction of sp³-hybridized carbons (Fsp3) is 0.143. The minimum atomic E-state index is -0.978. The van der Waals surface area contributed by atoms with Gasteiger partial charge in [0.25, 0.3) is 0 Å². The van der Waals surface area contributed by atoms with Crippen molar-refractivity contribution in [3.05, 3.63) is 41.6 Å². The minimum absolute atomic E-state index is 0.172. The van der Waals surface area contributed by atoms with E-state index in [4.69, 9.17) is 5.11 Å². The summed E-state index contributed by atoms with van der Waals surface area (Å²) in [5.74, 6) is -0.978. The molecule has 0 spiro atoms. The van der Waals surface area contributed by atoms with Crippen LogP contribution in [0.3, 0.4) is 0 Å². The molecule has 0 amide bonds. The number of rotatable bonds is 2. The Labute approximate surface area is 109 Å². The van der Waals surface area contributed by atoms with Gasteiger partial charge in [-0.1, -0.05) is 12.1 Å². The number of H-pyrrole nitrogens is 1. The van der Waals surface area contributed by atoms with E-state index >= 15 is 0 Å². The molecular weight excluding hydrogens is 242 g/mol. The van der Waals surface area contributed by atoms with E-state index in [2.05, 4.69) is 10.1 Å². The molecular formula is C14H13N3O2. The van der Waals surface area contributed by atoms with Gasteiger partial charge in [-0.15, -0.1) is 0 Å². The average molecular weight is 255 g/mol. The number of fused-ring (bicyclic) bond motifs is 1. The summed E-state index contributed by atoms with van der Waals surface area (Å²) in [4.78, 5) is 14.3. The fourth-order valence-electron chi connectivity index (χ4n) is 2.24. The Kier molecular flexibility index (Phi) is 2.41. The molecule has 19 heavy (non-hydrogen) atoms. The van der Waals surface area contributed by atoms with Crippen molar-refractivity contribution in [1.29, 1.82) is 0 Å². The Hall–Kier alpha value is -2.56. The van der Waals surface area contributed by atoms with Crippen LogP contribution in [0.1, 0.15) is 16.1 Å². The van der Waals surface area contributed by atoms with Gasteiger partial charge in [0.15, 0.2) is 0 Å². The van der Waals surface area contributed by atoms with E-state index in [1.165, 1.54) is 10.2 Å². The lowest BCUT2D eigenvalue weighted by atomic mass is 10.1. The summed E-state index contributed by atoms with van der Waals surface area (Å²) < 4.78 is 1.37. The van der Waals surface area contributed by atoms with Crippen LogP contribution in [0.15, 0.2) is 30.3 Å². The summed E-state index contributed by atoms with van der Waals surface area (Å²) >= 11 is 0. The molecule has 0 saturated heterocycles. The molecule has 0 aliphatic heterocycles. The van der Waals surface area contributed by atoms with Crippen LogP contribution in [0, 0.1) is 6.92 Å². The van der Waals surface area contributed by atoms with Crippen LogP contribution >= 0.6 is 0 Å². The first-order valence-corrected chi connectivity index (χ1v) is 5.92. The predicted octanol–water partition coefficient (Wildman–Crippen LogP) is 2.58. The fourth-order valence-corrected chi connectivity index (χ4v) is 2.24. The number of nitrogens with zero attached hydrogens (tertiary/aromatic N) is 2. The van der Waals surface area contributed by atoms with Crippen molar-refractivity contribution in [2.45, 2.75) is 6.92 Å². The molecule has 3 aromatic rings. The molecule has 0 fully saturated rings. The van der Waals surface area contributed by atoms with E-state index in [1.807, 2.05) is 31.2 Å². The monoisotopic (exact) mass is 255 g/mol. The van der Waals surface area contributed by atoms with Gasteiger partial charge in [0.2, 0.25) is 0 Å². The molecule has 5 heteroatoms. The van der Waals surface area contributed by atoms with Crippen LogP contribution in [0.25, 0.3) is 22.3 Å². The number of nitrogens with one attached hydrogen (secondary N) is 1. The number of aryl methyl sites for hydroxylation is 2. The zero-order valence-electron chi connectivity index (χ0n) is 10.6. The van der Waals surface area contributed by atoms with Crippen LogP contribution in [0.4, 0.5) is 0 Å². The molecule has 0 atom stereocenters. The third-order valence-electron chi connectivity index (χ3n) is 3.26. The van der Waals surface area contributed by atoms with Crippen LogP contribution in [0.5, 0.6) is 0 Å². The highest BCUT2D eigenvalue weighted by Gasteiger charge is 2.14. The first kappa shape index (κ1) is 11.5. The molecule has 0 bridgehead atoms. The lowest BCUT2D eigenvalue weighted by Gasteiger charge is -1.92. The maximum absolute atomic E-state index is 11.0. The second-order valence-electron chi connectivity index (χ2n) is 4.56. The number of carboxylic acids is 1. The minimum Gasteiger partial charge on any atom is -0.477 e. The third-order valence-corrected chi connectivity index (χ3v) is 3.26. The highest BCUT2D eigenvalue weighted by molar-refractivity contribution is 5.90. The van der Waals surface area contributed by atoms with Gasteiger partial charge in [-0.05, 0) is 24.6 Å². The van der Waals surface area contributed by atoms with E-state index in [-0.39, 0.29) is 5.69 Å². The van der Waals surface area contributed by atoms with Gasteiger partial charge in [-0.3, -0.25) is 4.68 Å². The Morgan fingerprint density at radius 1 is 1.37 bits per heavy atom. The number of hydrogen-bond acceptors (Lipinski definition) is 2.